The van der Waals surface area contributed by atoms with Gasteiger partial charge in [-0.1, -0.05) is 43.0 Å². The first-order chi connectivity index (χ1) is 21.0. The average Bonchev–Trinajstić information content (AvgIpc) is 3.46. The molecular formula is C34H39N3O6. The van der Waals surface area contributed by atoms with Crippen LogP contribution in [0.15, 0.2) is 67.4 Å². The van der Waals surface area contributed by atoms with E-state index in [1.54, 1.807) is 7.11 Å². The molecule has 43 heavy (non-hydrogen) atoms. The molecule has 1 aromatic heterocycles. The SMILES string of the molecule is C=CCOC(=O)C1(C(=O)OC)C(OCc2ccccc2)CCC2CN(CCc3c[nH]c4cc(OC)ccc34)C(C#N)CC21. The molecule has 1 saturated carbocycles. The molecule has 0 radical (unpaired) electrons. The number of likely N-dealkylation sites (tertiary alicyclic amines) is 1. The summed E-state index contributed by atoms with van der Waals surface area (Å²) in [5, 5.41) is 11.4. The first-order valence-corrected chi connectivity index (χ1v) is 14.8. The van der Waals surface area contributed by atoms with Gasteiger partial charge in [0.25, 0.3) is 0 Å². The molecule has 1 aliphatic carbocycles. The van der Waals surface area contributed by atoms with Gasteiger partial charge >= 0.3 is 11.9 Å². The minimum atomic E-state index is -1.69. The van der Waals surface area contributed by atoms with E-state index in [9.17, 15) is 14.9 Å². The lowest BCUT2D eigenvalue weighted by Crippen LogP contribution is -2.64. The van der Waals surface area contributed by atoms with Gasteiger partial charge in [-0.25, -0.2) is 0 Å². The number of hydrogen-bond donors (Lipinski definition) is 1. The lowest BCUT2D eigenvalue weighted by atomic mass is 9.56. The second kappa shape index (κ2) is 13.4. The van der Waals surface area contributed by atoms with Crippen molar-refractivity contribution >= 4 is 22.8 Å². The Kier molecular flexibility index (Phi) is 9.49. The molecule has 226 valence electrons. The third-order valence-electron chi connectivity index (χ3n) is 9.13. The first kappa shape index (κ1) is 30.3. The Morgan fingerprint density at radius 1 is 1.16 bits per heavy atom. The maximum absolute atomic E-state index is 13.9. The highest BCUT2D eigenvalue weighted by Gasteiger charge is 2.65. The number of piperidine rings is 1. The second-order valence-electron chi connectivity index (χ2n) is 11.3. The molecule has 1 aliphatic heterocycles. The summed E-state index contributed by atoms with van der Waals surface area (Å²) in [6.45, 7) is 5.11. The number of aromatic nitrogens is 1. The predicted molar refractivity (Wildman–Crippen MR) is 161 cm³/mol. The molecule has 5 unspecified atom stereocenters. The van der Waals surface area contributed by atoms with Crippen LogP contribution in [0.1, 0.15) is 30.4 Å². The van der Waals surface area contributed by atoms with Crippen molar-refractivity contribution in [1.29, 1.82) is 5.26 Å². The fraction of sp³-hybridized carbons (Fsp3) is 0.441. The third-order valence-corrected chi connectivity index (χ3v) is 9.13. The second-order valence-corrected chi connectivity index (χ2v) is 11.3. The van der Waals surface area contributed by atoms with E-state index < -0.39 is 35.4 Å². The number of carbonyl (C=O) groups is 2. The monoisotopic (exact) mass is 585 g/mol. The van der Waals surface area contributed by atoms with Crippen molar-refractivity contribution in [3.63, 3.8) is 0 Å². The van der Waals surface area contributed by atoms with E-state index in [1.165, 1.54) is 13.2 Å². The van der Waals surface area contributed by atoms with Gasteiger partial charge in [-0.3, -0.25) is 14.5 Å². The lowest BCUT2D eigenvalue weighted by molar-refractivity contribution is -0.206. The summed E-state index contributed by atoms with van der Waals surface area (Å²) in [5.41, 5.74) is 1.40. The maximum Gasteiger partial charge on any atom is 0.326 e. The maximum atomic E-state index is 13.9. The van der Waals surface area contributed by atoms with Gasteiger partial charge in [-0.05, 0) is 60.8 Å². The summed E-state index contributed by atoms with van der Waals surface area (Å²) in [6, 6.07) is 17.6. The van der Waals surface area contributed by atoms with Gasteiger partial charge in [-0.15, -0.1) is 0 Å². The minimum absolute atomic E-state index is 0.0243. The van der Waals surface area contributed by atoms with Crippen molar-refractivity contribution in [3.8, 4) is 11.8 Å². The molecule has 2 aliphatic rings. The molecule has 2 fully saturated rings. The van der Waals surface area contributed by atoms with Crippen molar-refractivity contribution in [1.82, 2.24) is 9.88 Å². The fourth-order valence-corrected chi connectivity index (χ4v) is 7.02. The van der Waals surface area contributed by atoms with Crippen molar-refractivity contribution in [2.75, 3.05) is 33.9 Å². The Balaban J connectivity index is 1.40. The Hall–Kier alpha value is -4.13. The van der Waals surface area contributed by atoms with E-state index >= 15 is 0 Å². The van der Waals surface area contributed by atoms with Crippen LogP contribution in [-0.2, 0) is 36.8 Å². The molecule has 0 bridgehead atoms. The Bertz CT molecular complexity index is 1480. The summed E-state index contributed by atoms with van der Waals surface area (Å²) < 4.78 is 22.6. The van der Waals surface area contributed by atoms with Gasteiger partial charge in [0.15, 0.2) is 5.41 Å². The van der Waals surface area contributed by atoms with Crippen LogP contribution in [0.5, 0.6) is 5.75 Å². The zero-order valence-corrected chi connectivity index (χ0v) is 24.8. The number of esters is 2. The molecular weight excluding hydrogens is 546 g/mol. The van der Waals surface area contributed by atoms with E-state index in [4.69, 9.17) is 18.9 Å². The topological polar surface area (TPSA) is 114 Å². The molecule has 5 atom stereocenters. The Morgan fingerprint density at radius 2 is 1.98 bits per heavy atom. The zero-order chi connectivity index (χ0) is 30.4. The van der Waals surface area contributed by atoms with E-state index in [-0.39, 0.29) is 19.1 Å². The Morgan fingerprint density at radius 3 is 2.70 bits per heavy atom. The van der Waals surface area contributed by atoms with Crippen LogP contribution in [0.4, 0.5) is 0 Å². The number of benzene rings is 2. The fourth-order valence-electron chi connectivity index (χ4n) is 7.02. The lowest BCUT2D eigenvalue weighted by Gasteiger charge is -2.53. The highest BCUT2D eigenvalue weighted by atomic mass is 16.6. The molecule has 5 rings (SSSR count). The van der Waals surface area contributed by atoms with Gasteiger partial charge in [0.1, 0.15) is 12.4 Å². The van der Waals surface area contributed by atoms with Crippen LogP contribution >= 0.6 is 0 Å². The number of rotatable bonds is 11. The quantitative estimate of drug-likeness (QED) is 0.194. The van der Waals surface area contributed by atoms with Crippen LogP contribution in [0.25, 0.3) is 10.9 Å². The summed E-state index contributed by atoms with van der Waals surface area (Å²) in [6.07, 6.45) is 5.04. The molecule has 0 amide bonds. The number of fused-ring (bicyclic) bond motifs is 2. The van der Waals surface area contributed by atoms with Crippen LogP contribution in [0.3, 0.4) is 0 Å². The number of H-pyrrole nitrogens is 1. The molecule has 2 heterocycles. The smallest absolute Gasteiger partial charge is 0.326 e. The molecule has 3 aromatic rings. The number of methoxy groups -OCH3 is 2. The number of aromatic amines is 1. The number of ether oxygens (including phenoxy) is 4. The highest BCUT2D eigenvalue weighted by molar-refractivity contribution is 6.01. The number of hydrogen-bond acceptors (Lipinski definition) is 8. The Labute approximate surface area is 252 Å². The number of carbonyl (C=O) groups excluding carboxylic acids is 2. The molecule has 0 spiro atoms. The van der Waals surface area contributed by atoms with Gasteiger partial charge in [0, 0.05) is 36.3 Å². The number of nitrogens with one attached hydrogen (secondary N) is 1. The van der Waals surface area contributed by atoms with Crippen molar-refractivity contribution in [3.05, 3.63) is 78.5 Å². The molecule has 9 heteroatoms. The molecule has 2 aromatic carbocycles. The standard InChI is InChI=1S/C34H39N3O6/c1-4-16-42-33(39)34(32(38)41-3)29-17-26(19-35)37(15-14-24-20-36-30-18-27(40-2)11-12-28(24)30)21-25(29)10-13-31(34)43-22-23-8-6-5-7-9-23/h4-9,11-12,18,20,25-26,29,31,36H,1,10,13-17,21-22H2,2-3H3. The summed E-state index contributed by atoms with van der Waals surface area (Å²) in [7, 11) is 2.93. The van der Waals surface area contributed by atoms with Crippen LogP contribution in [0.2, 0.25) is 0 Å². The largest absolute Gasteiger partial charge is 0.497 e. The molecule has 9 nitrogen and oxygen atoms in total. The van der Waals surface area contributed by atoms with E-state index in [2.05, 4.69) is 22.5 Å². The number of nitrogens with zero attached hydrogens (tertiary/aromatic N) is 2. The van der Waals surface area contributed by atoms with Gasteiger partial charge < -0.3 is 23.9 Å². The predicted octanol–water partition coefficient (Wildman–Crippen LogP) is 4.82. The van der Waals surface area contributed by atoms with Crippen molar-refractivity contribution in [2.45, 2.75) is 44.4 Å². The van der Waals surface area contributed by atoms with E-state index in [1.807, 2.05) is 54.7 Å². The summed E-state index contributed by atoms with van der Waals surface area (Å²) >= 11 is 0. The van der Waals surface area contributed by atoms with Crippen LogP contribution in [0, 0.1) is 28.6 Å². The van der Waals surface area contributed by atoms with Crippen LogP contribution < -0.4 is 4.74 Å². The van der Waals surface area contributed by atoms with E-state index in [0.717, 1.165) is 40.6 Å². The minimum Gasteiger partial charge on any atom is -0.497 e. The number of nitriles is 1. The van der Waals surface area contributed by atoms with Gasteiger partial charge in [0.2, 0.25) is 0 Å². The molecule has 1 saturated heterocycles. The highest BCUT2D eigenvalue weighted by Crippen LogP contribution is 2.52. The first-order valence-electron chi connectivity index (χ1n) is 14.8. The van der Waals surface area contributed by atoms with Crippen molar-refractivity contribution < 1.29 is 28.5 Å². The summed E-state index contributed by atoms with van der Waals surface area (Å²) in [5.74, 6) is -1.06. The van der Waals surface area contributed by atoms with Gasteiger partial charge in [0.05, 0.1) is 39.0 Å². The zero-order valence-electron chi connectivity index (χ0n) is 24.8. The van der Waals surface area contributed by atoms with Crippen LogP contribution in [-0.4, -0.2) is 67.9 Å². The normalized spacial score (nSPS) is 25.3. The van der Waals surface area contributed by atoms with E-state index in [0.29, 0.717) is 25.9 Å². The van der Waals surface area contributed by atoms with Gasteiger partial charge in [-0.2, -0.15) is 5.26 Å². The third kappa shape index (κ3) is 5.90. The average molecular weight is 586 g/mol. The van der Waals surface area contributed by atoms with Crippen molar-refractivity contribution in [2.24, 2.45) is 17.3 Å². The molecule has 1 N–H and O–H groups in total. The summed E-state index contributed by atoms with van der Waals surface area (Å²) in [4.78, 5) is 33.2.